The van der Waals surface area contributed by atoms with Crippen molar-refractivity contribution in [3.05, 3.63) is 47.9 Å². The minimum atomic E-state index is -0.184. The van der Waals surface area contributed by atoms with Gasteiger partial charge in [0, 0.05) is 52.4 Å². The molecule has 2 fully saturated rings. The number of anilines is 1. The lowest BCUT2D eigenvalue weighted by Gasteiger charge is -2.35. The molecular formula is C21H28FN5O2. The number of para-hydroxylation sites is 1. The summed E-state index contributed by atoms with van der Waals surface area (Å²) < 4.78 is 19.5. The van der Waals surface area contributed by atoms with Gasteiger partial charge in [0.15, 0.2) is 5.69 Å². The molecule has 0 N–H and O–H groups in total. The lowest BCUT2D eigenvalue weighted by molar-refractivity contribution is 0.0637. The van der Waals surface area contributed by atoms with Crippen LogP contribution in [0.2, 0.25) is 0 Å². The molecule has 0 saturated carbocycles. The van der Waals surface area contributed by atoms with Crippen molar-refractivity contribution >= 4 is 11.6 Å². The summed E-state index contributed by atoms with van der Waals surface area (Å²) in [6.45, 7) is 10.0. The van der Waals surface area contributed by atoms with Crippen LogP contribution in [0.4, 0.5) is 10.1 Å². The number of nitrogens with zero attached hydrogens (tertiary/aromatic N) is 5. The van der Waals surface area contributed by atoms with Crippen LogP contribution in [0.1, 0.15) is 23.3 Å². The minimum absolute atomic E-state index is 0.0554. The summed E-state index contributed by atoms with van der Waals surface area (Å²) in [5.74, 6) is 0.316. The van der Waals surface area contributed by atoms with Crippen LogP contribution in [0, 0.1) is 5.82 Å². The molecular weight excluding hydrogens is 373 g/mol. The normalized spacial score (nSPS) is 19.0. The van der Waals surface area contributed by atoms with Crippen molar-refractivity contribution in [1.29, 1.82) is 0 Å². The highest BCUT2D eigenvalue weighted by atomic mass is 19.1. The summed E-state index contributed by atoms with van der Waals surface area (Å²) in [6, 6.07) is 6.88. The first kappa shape index (κ1) is 19.8. The van der Waals surface area contributed by atoms with Gasteiger partial charge in [-0.1, -0.05) is 19.1 Å². The van der Waals surface area contributed by atoms with Crippen molar-refractivity contribution in [1.82, 2.24) is 19.7 Å². The Morgan fingerprint density at radius 3 is 2.41 bits per heavy atom. The number of hydrogen-bond donors (Lipinski definition) is 0. The standard InChI is InChI=1S/C21H28FN5O2/c1-2-24-7-13-27(14-8-24)21(28)18-16-29-20(23-18)15-25-9-11-26(12-10-25)19-6-4-3-5-17(19)22/h3-6,16H,2,7-15H2,1H3. The highest BCUT2D eigenvalue weighted by Crippen LogP contribution is 2.21. The van der Waals surface area contributed by atoms with Crippen LogP contribution in [-0.4, -0.2) is 84.5 Å². The van der Waals surface area contributed by atoms with Crippen LogP contribution in [0.15, 0.2) is 34.9 Å². The zero-order valence-electron chi connectivity index (χ0n) is 16.9. The number of piperazine rings is 2. The Morgan fingerprint density at radius 1 is 1.03 bits per heavy atom. The fraction of sp³-hybridized carbons (Fsp3) is 0.524. The van der Waals surface area contributed by atoms with E-state index in [4.69, 9.17) is 4.42 Å². The Bertz CT molecular complexity index is 826. The van der Waals surface area contributed by atoms with Crippen LogP contribution in [0.25, 0.3) is 0 Å². The molecule has 2 aliphatic rings. The van der Waals surface area contributed by atoms with Crippen LogP contribution in [0.3, 0.4) is 0 Å². The van der Waals surface area contributed by atoms with E-state index in [2.05, 4.69) is 26.6 Å². The predicted molar refractivity (Wildman–Crippen MR) is 108 cm³/mol. The summed E-state index contributed by atoms with van der Waals surface area (Å²) in [7, 11) is 0. The Labute approximate surface area is 170 Å². The third kappa shape index (κ3) is 4.59. The maximum atomic E-state index is 14.0. The van der Waals surface area contributed by atoms with Gasteiger partial charge in [0.2, 0.25) is 5.89 Å². The molecule has 156 valence electrons. The number of carbonyl (C=O) groups excluding carboxylic acids is 1. The third-order valence-electron chi connectivity index (χ3n) is 5.80. The predicted octanol–water partition coefficient (Wildman–Crippen LogP) is 1.91. The average Bonchev–Trinajstić information content (AvgIpc) is 3.23. The van der Waals surface area contributed by atoms with Gasteiger partial charge in [-0.05, 0) is 18.7 Å². The monoisotopic (exact) mass is 401 g/mol. The Balaban J connectivity index is 1.29. The van der Waals surface area contributed by atoms with Crippen molar-refractivity contribution in [2.75, 3.05) is 63.8 Å². The number of aromatic nitrogens is 1. The molecule has 0 bridgehead atoms. The van der Waals surface area contributed by atoms with E-state index < -0.39 is 0 Å². The maximum absolute atomic E-state index is 14.0. The van der Waals surface area contributed by atoms with Gasteiger partial charge in [-0.3, -0.25) is 9.69 Å². The highest BCUT2D eigenvalue weighted by molar-refractivity contribution is 5.92. The van der Waals surface area contributed by atoms with Crippen LogP contribution >= 0.6 is 0 Å². The largest absolute Gasteiger partial charge is 0.447 e. The van der Waals surface area contributed by atoms with Gasteiger partial charge < -0.3 is 19.1 Å². The second-order valence-corrected chi connectivity index (χ2v) is 7.57. The molecule has 1 aromatic heterocycles. The number of benzene rings is 1. The minimum Gasteiger partial charge on any atom is -0.447 e. The summed E-state index contributed by atoms with van der Waals surface area (Å²) in [5.41, 5.74) is 1.04. The SMILES string of the molecule is CCN1CCN(C(=O)c2coc(CN3CCN(c4ccccc4F)CC3)n2)CC1. The van der Waals surface area contributed by atoms with Gasteiger partial charge >= 0.3 is 0 Å². The number of likely N-dealkylation sites (N-methyl/N-ethyl adjacent to an activating group) is 1. The van der Waals surface area contributed by atoms with E-state index in [0.29, 0.717) is 23.8 Å². The van der Waals surface area contributed by atoms with Crippen molar-refractivity contribution in [2.45, 2.75) is 13.5 Å². The van der Waals surface area contributed by atoms with E-state index in [9.17, 15) is 9.18 Å². The van der Waals surface area contributed by atoms with Gasteiger partial charge in [-0.2, -0.15) is 0 Å². The quantitative estimate of drug-likeness (QED) is 0.763. The molecule has 7 nitrogen and oxygen atoms in total. The van der Waals surface area contributed by atoms with Crippen molar-refractivity contribution in [3.63, 3.8) is 0 Å². The summed E-state index contributed by atoms with van der Waals surface area (Å²) in [4.78, 5) is 25.5. The van der Waals surface area contributed by atoms with E-state index in [-0.39, 0.29) is 11.7 Å². The van der Waals surface area contributed by atoms with Gasteiger partial charge in [0.25, 0.3) is 5.91 Å². The smallest absolute Gasteiger partial charge is 0.275 e. The molecule has 0 radical (unpaired) electrons. The molecule has 2 aliphatic heterocycles. The van der Waals surface area contributed by atoms with E-state index in [1.165, 1.54) is 12.3 Å². The van der Waals surface area contributed by atoms with Gasteiger partial charge in [0.1, 0.15) is 12.1 Å². The molecule has 1 amide bonds. The molecule has 1 aromatic carbocycles. The Morgan fingerprint density at radius 2 is 1.72 bits per heavy atom. The summed E-state index contributed by atoms with van der Waals surface area (Å²) in [5, 5.41) is 0. The lowest BCUT2D eigenvalue weighted by Crippen LogP contribution is -2.48. The lowest BCUT2D eigenvalue weighted by atomic mass is 10.2. The number of rotatable bonds is 5. The number of halogens is 1. The molecule has 4 rings (SSSR count). The van der Waals surface area contributed by atoms with E-state index in [1.54, 1.807) is 6.07 Å². The van der Waals surface area contributed by atoms with Crippen molar-refractivity contribution < 1.29 is 13.6 Å². The number of oxazole rings is 1. The molecule has 2 aromatic rings. The molecule has 0 spiro atoms. The van der Waals surface area contributed by atoms with E-state index in [1.807, 2.05) is 17.0 Å². The number of amides is 1. The molecule has 0 aliphatic carbocycles. The molecule has 3 heterocycles. The molecule has 29 heavy (non-hydrogen) atoms. The van der Waals surface area contributed by atoms with Gasteiger partial charge in [-0.25, -0.2) is 9.37 Å². The molecule has 2 saturated heterocycles. The topological polar surface area (TPSA) is 56.1 Å². The van der Waals surface area contributed by atoms with Gasteiger partial charge in [0.05, 0.1) is 12.2 Å². The summed E-state index contributed by atoms with van der Waals surface area (Å²) in [6.07, 6.45) is 1.47. The van der Waals surface area contributed by atoms with Gasteiger partial charge in [-0.15, -0.1) is 0 Å². The first-order valence-electron chi connectivity index (χ1n) is 10.3. The fourth-order valence-corrected chi connectivity index (χ4v) is 3.96. The van der Waals surface area contributed by atoms with Crippen LogP contribution in [-0.2, 0) is 6.54 Å². The second kappa shape index (κ2) is 8.92. The number of carbonyl (C=O) groups is 1. The van der Waals surface area contributed by atoms with Crippen molar-refractivity contribution in [3.8, 4) is 0 Å². The second-order valence-electron chi connectivity index (χ2n) is 7.57. The fourth-order valence-electron chi connectivity index (χ4n) is 3.96. The first-order chi connectivity index (χ1) is 14.1. The molecule has 0 atom stereocenters. The number of hydrogen-bond acceptors (Lipinski definition) is 6. The zero-order chi connectivity index (χ0) is 20.2. The van der Waals surface area contributed by atoms with Crippen LogP contribution in [0.5, 0.6) is 0 Å². The molecule has 0 unspecified atom stereocenters. The average molecular weight is 401 g/mol. The first-order valence-corrected chi connectivity index (χ1v) is 10.3. The Kier molecular flexibility index (Phi) is 6.10. The highest BCUT2D eigenvalue weighted by Gasteiger charge is 2.25. The third-order valence-corrected chi connectivity index (χ3v) is 5.80. The Hall–Kier alpha value is -2.45. The zero-order valence-corrected chi connectivity index (χ0v) is 16.9. The molecule has 8 heteroatoms. The van der Waals surface area contributed by atoms with Crippen molar-refractivity contribution in [2.24, 2.45) is 0 Å². The maximum Gasteiger partial charge on any atom is 0.275 e. The van der Waals surface area contributed by atoms with E-state index >= 15 is 0 Å². The van der Waals surface area contributed by atoms with E-state index in [0.717, 1.165) is 58.9 Å². The summed E-state index contributed by atoms with van der Waals surface area (Å²) >= 11 is 0. The van der Waals surface area contributed by atoms with Crippen LogP contribution < -0.4 is 4.90 Å².